The van der Waals surface area contributed by atoms with Gasteiger partial charge >= 0.3 is 5.69 Å². The Morgan fingerprint density at radius 2 is 1.62 bits per heavy atom. The van der Waals surface area contributed by atoms with E-state index in [2.05, 4.69) is 75.7 Å². The number of nitrogens with one attached hydrogen (secondary N) is 1. The Bertz CT molecular complexity index is 1070. The van der Waals surface area contributed by atoms with Gasteiger partial charge in [-0.1, -0.05) is 60.7 Å². The fourth-order valence-corrected chi connectivity index (χ4v) is 5.01. The first-order chi connectivity index (χ1) is 15.9. The van der Waals surface area contributed by atoms with Gasteiger partial charge in [0.25, 0.3) is 0 Å². The van der Waals surface area contributed by atoms with Crippen LogP contribution in [0.15, 0.2) is 66.7 Å². The third-order valence-electron chi connectivity index (χ3n) is 6.47. The lowest BCUT2D eigenvalue weighted by atomic mass is 9.79. The molecule has 1 aromatic heterocycles. The maximum absolute atomic E-state index is 11.6. The number of hydrogen-bond acceptors (Lipinski definition) is 6. The minimum absolute atomic E-state index is 0. The fourth-order valence-electron chi connectivity index (χ4n) is 5.01. The van der Waals surface area contributed by atoms with E-state index < -0.39 is 0 Å². The summed E-state index contributed by atoms with van der Waals surface area (Å²) in [6, 6.07) is 23.0. The van der Waals surface area contributed by atoms with Crippen LogP contribution >= 0.6 is 12.4 Å². The first kappa shape index (κ1) is 25.6. The molecular weight excluding hydrogens is 450 g/mol. The van der Waals surface area contributed by atoms with Crippen molar-refractivity contribution in [2.75, 3.05) is 45.1 Å². The Labute approximate surface area is 207 Å². The number of nitrogens with zero attached hydrogens (tertiary/aromatic N) is 4. The molecule has 1 aliphatic rings. The highest BCUT2D eigenvalue weighted by Crippen LogP contribution is 2.39. The highest BCUT2D eigenvalue weighted by molar-refractivity contribution is 5.85. The standard InChI is InChI=1S/C26H31N5O2.ClH/c1-20-18-24(25(31(32)33)21(2)28-20)27-14-15-30-17-16-29(3)19-26(30,22-10-6-4-7-11-22)23-12-8-5-9-13-23;/h4-13,18H,14-17,19H2,1-3H3,(H,27,28);1H. The van der Waals surface area contributed by atoms with Crippen molar-refractivity contribution < 1.29 is 4.92 Å². The van der Waals surface area contributed by atoms with Crippen LogP contribution in [0.25, 0.3) is 0 Å². The number of piperazine rings is 1. The number of halogens is 1. The van der Waals surface area contributed by atoms with E-state index in [-0.39, 0.29) is 28.6 Å². The van der Waals surface area contributed by atoms with Crippen molar-refractivity contribution in [3.05, 3.63) is 99.4 Å². The maximum Gasteiger partial charge on any atom is 0.313 e. The molecule has 8 heteroatoms. The van der Waals surface area contributed by atoms with Crippen LogP contribution in [0.2, 0.25) is 0 Å². The van der Waals surface area contributed by atoms with Crippen LogP contribution in [0.4, 0.5) is 11.4 Å². The number of nitro groups is 1. The third-order valence-corrected chi connectivity index (χ3v) is 6.47. The molecule has 0 aliphatic carbocycles. The van der Waals surface area contributed by atoms with Gasteiger partial charge in [-0.3, -0.25) is 20.0 Å². The lowest BCUT2D eigenvalue weighted by molar-refractivity contribution is -0.384. The molecule has 2 heterocycles. The number of benzene rings is 2. The first-order valence-electron chi connectivity index (χ1n) is 11.3. The van der Waals surface area contributed by atoms with E-state index in [1.807, 2.05) is 19.1 Å². The van der Waals surface area contributed by atoms with Gasteiger partial charge < -0.3 is 10.2 Å². The Morgan fingerprint density at radius 1 is 1.03 bits per heavy atom. The second-order valence-electron chi connectivity index (χ2n) is 8.75. The van der Waals surface area contributed by atoms with E-state index in [9.17, 15) is 10.1 Å². The molecule has 0 radical (unpaired) electrons. The number of hydrogen-bond donors (Lipinski definition) is 1. The Balaban J connectivity index is 0.00000324. The fraction of sp³-hybridized carbons (Fsp3) is 0.346. The second-order valence-corrected chi connectivity index (χ2v) is 8.75. The zero-order valence-electron chi connectivity index (χ0n) is 19.9. The van der Waals surface area contributed by atoms with Gasteiger partial charge in [-0.2, -0.15) is 0 Å². The van der Waals surface area contributed by atoms with Crippen molar-refractivity contribution in [2.24, 2.45) is 0 Å². The SMILES string of the molecule is Cc1cc(NCCN2CCN(C)CC2(c2ccccc2)c2ccccc2)c([N+](=O)[O-])c(C)n1.Cl. The highest BCUT2D eigenvalue weighted by atomic mass is 35.5. The van der Waals surface area contributed by atoms with Gasteiger partial charge in [0.2, 0.25) is 0 Å². The average molecular weight is 482 g/mol. The predicted molar refractivity (Wildman–Crippen MR) is 139 cm³/mol. The van der Waals surface area contributed by atoms with Crippen molar-refractivity contribution in [2.45, 2.75) is 19.4 Å². The largest absolute Gasteiger partial charge is 0.378 e. The number of rotatable bonds is 7. The van der Waals surface area contributed by atoms with Crippen molar-refractivity contribution in [3.63, 3.8) is 0 Å². The Hall–Kier alpha value is -3.00. The molecule has 3 aromatic rings. The smallest absolute Gasteiger partial charge is 0.313 e. The van der Waals surface area contributed by atoms with Gasteiger partial charge in [-0.25, -0.2) is 0 Å². The molecule has 1 N–H and O–H groups in total. The average Bonchev–Trinajstić information content (AvgIpc) is 2.80. The summed E-state index contributed by atoms with van der Waals surface area (Å²) in [7, 11) is 2.17. The van der Waals surface area contributed by atoms with Crippen molar-refractivity contribution in [1.29, 1.82) is 0 Å². The summed E-state index contributed by atoms with van der Waals surface area (Å²) >= 11 is 0. The van der Waals surface area contributed by atoms with Crippen molar-refractivity contribution in [3.8, 4) is 0 Å². The number of aromatic nitrogens is 1. The van der Waals surface area contributed by atoms with E-state index in [1.54, 1.807) is 13.0 Å². The van der Waals surface area contributed by atoms with E-state index in [1.165, 1.54) is 11.1 Å². The van der Waals surface area contributed by atoms with Gasteiger partial charge in [0.1, 0.15) is 11.4 Å². The van der Waals surface area contributed by atoms with Crippen molar-refractivity contribution >= 4 is 23.8 Å². The van der Waals surface area contributed by atoms with E-state index in [0.29, 0.717) is 17.9 Å². The number of pyridine rings is 1. The molecule has 1 fully saturated rings. The zero-order valence-corrected chi connectivity index (χ0v) is 20.7. The van der Waals surface area contributed by atoms with Gasteiger partial charge in [-0.15, -0.1) is 12.4 Å². The minimum atomic E-state index is -0.349. The molecule has 0 bridgehead atoms. The topological polar surface area (TPSA) is 74.5 Å². The molecule has 0 saturated carbocycles. The number of likely N-dealkylation sites (N-methyl/N-ethyl adjacent to an activating group) is 1. The quantitative estimate of drug-likeness (QED) is 0.391. The van der Waals surface area contributed by atoms with Gasteiger partial charge in [0.05, 0.1) is 10.5 Å². The van der Waals surface area contributed by atoms with Gasteiger partial charge in [0, 0.05) is 38.4 Å². The zero-order chi connectivity index (χ0) is 23.4. The van der Waals surface area contributed by atoms with E-state index in [0.717, 1.165) is 31.9 Å². The van der Waals surface area contributed by atoms with Crippen LogP contribution in [0.1, 0.15) is 22.5 Å². The molecule has 4 rings (SSSR count). The Kier molecular flexibility index (Phi) is 8.25. The van der Waals surface area contributed by atoms with Crippen molar-refractivity contribution in [1.82, 2.24) is 14.8 Å². The summed E-state index contributed by atoms with van der Waals surface area (Å²) in [5.74, 6) is 0. The van der Waals surface area contributed by atoms with Crippen LogP contribution in [0, 0.1) is 24.0 Å². The number of anilines is 1. The lowest BCUT2D eigenvalue weighted by Gasteiger charge is -2.51. The van der Waals surface area contributed by atoms with Crippen LogP contribution in [-0.4, -0.2) is 59.5 Å². The summed E-state index contributed by atoms with van der Waals surface area (Å²) in [5.41, 5.74) is 4.00. The molecule has 1 aliphatic heterocycles. The monoisotopic (exact) mass is 481 g/mol. The maximum atomic E-state index is 11.6. The van der Waals surface area contributed by atoms with E-state index >= 15 is 0 Å². The molecule has 0 atom stereocenters. The molecule has 0 amide bonds. The second kappa shape index (κ2) is 11.0. The minimum Gasteiger partial charge on any atom is -0.378 e. The van der Waals surface area contributed by atoms with E-state index in [4.69, 9.17) is 0 Å². The first-order valence-corrected chi connectivity index (χ1v) is 11.3. The summed E-state index contributed by atoms with van der Waals surface area (Å²) in [5, 5.41) is 15.0. The summed E-state index contributed by atoms with van der Waals surface area (Å²) < 4.78 is 0. The third kappa shape index (κ3) is 5.06. The molecule has 2 aromatic carbocycles. The van der Waals surface area contributed by atoms with Crippen LogP contribution in [0.3, 0.4) is 0 Å². The Morgan fingerprint density at radius 3 is 2.18 bits per heavy atom. The molecule has 0 unspecified atom stereocenters. The van der Waals surface area contributed by atoms with Crippen LogP contribution in [-0.2, 0) is 5.54 Å². The summed E-state index contributed by atoms with van der Waals surface area (Å²) in [6.07, 6.45) is 0. The molecular formula is C26H32ClN5O2. The lowest BCUT2D eigenvalue weighted by Crippen LogP contribution is -2.60. The van der Waals surface area contributed by atoms with Crippen LogP contribution < -0.4 is 5.32 Å². The number of aryl methyl sites for hydroxylation is 2. The summed E-state index contributed by atoms with van der Waals surface area (Å²) in [6.45, 7) is 7.62. The van der Waals surface area contributed by atoms with Gasteiger partial charge in [0.15, 0.2) is 0 Å². The van der Waals surface area contributed by atoms with Crippen LogP contribution in [0.5, 0.6) is 0 Å². The molecule has 180 valence electrons. The molecule has 7 nitrogen and oxygen atoms in total. The normalized spacial score (nSPS) is 16.0. The summed E-state index contributed by atoms with van der Waals surface area (Å²) in [4.78, 5) is 20.4. The van der Waals surface area contributed by atoms with Gasteiger partial charge in [-0.05, 0) is 38.1 Å². The highest BCUT2D eigenvalue weighted by Gasteiger charge is 2.43. The molecule has 1 saturated heterocycles. The molecule has 34 heavy (non-hydrogen) atoms. The predicted octanol–water partition coefficient (Wildman–Crippen LogP) is 4.63. The molecule has 0 spiro atoms.